The van der Waals surface area contributed by atoms with Crippen molar-refractivity contribution >= 4 is 17.8 Å². The van der Waals surface area contributed by atoms with E-state index in [4.69, 9.17) is 9.26 Å². The second-order valence-electron chi connectivity index (χ2n) is 5.74. The Morgan fingerprint density at radius 1 is 1.35 bits per heavy atom. The summed E-state index contributed by atoms with van der Waals surface area (Å²) in [6.45, 7) is 0.180. The predicted molar refractivity (Wildman–Crippen MR) is 90.0 cm³/mol. The average Bonchev–Trinajstić information content (AvgIpc) is 3.24. The quantitative estimate of drug-likeness (QED) is 0.634. The van der Waals surface area contributed by atoms with Crippen molar-refractivity contribution in [3.05, 3.63) is 36.1 Å². The topological polar surface area (TPSA) is 123 Å². The molecule has 1 aliphatic rings. The smallest absolute Gasteiger partial charge is 0.322 e. The van der Waals surface area contributed by atoms with Gasteiger partial charge in [0.05, 0.1) is 13.7 Å². The van der Waals surface area contributed by atoms with Gasteiger partial charge in [0.1, 0.15) is 17.5 Å². The highest BCUT2D eigenvalue weighted by molar-refractivity contribution is 6.04. The van der Waals surface area contributed by atoms with Crippen LogP contribution in [0.1, 0.15) is 18.6 Å². The molecule has 0 bridgehead atoms. The molecule has 1 saturated heterocycles. The molecule has 1 fully saturated rings. The summed E-state index contributed by atoms with van der Waals surface area (Å²) in [4.78, 5) is 34.3. The number of nitrogens with zero attached hydrogens (tertiary/aromatic N) is 1. The van der Waals surface area contributed by atoms with E-state index in [2.05, 4.69) is 21.1 Å². The van der Waals surface area contributed by atoms with Gasteiger partial charge in [-0.25, -0.2) is 4.79 Å². The first-order valence-electron chi connectivity index (χ1n) is 8.03. The number of urea groups is 1. The van der Waals surface area contributed by atoms with Gasteiger partial charge in [0.2, 0.25) is 5.91 Å². The van der Waals surface area contributed by atoms with E-state index in [-0.39, 0.29) is 25.3 Å². The highest BCUT2D eigenvalue weighted by atomic mass is 16.5. The normalized spacial score (nSPS) is 16.1. The second-order valence-corrected chi connectivity index (χ2v) is 5.74. The largest absolute Gasteiger partial charge is 0.497 e. The number of carbonyl (C=O) groups excluding carboxylic acids is 3. The van der Waals surface area contributed by atoms with Gasteiger partial charge in [0.25, 0.3) is 5.91 Å². The van der Waals surface area contributed by atoms with Crippen molar-refractivity contribution < 1.29 is 23.6 Å². The van der Waals surface area contributed by atoms with E-state index in [0.29, 0.717) is 17.2 Å². The molecule has 0 saturated carbocycles. The van der Waals surface area contributed by atoms with E-state index >= 15 is 0 Å². The fourth-order valence-corrected chi connectivity index (χ4v) is 2.53. The Balaban J connectivity index is 1.49. The Morgan fingerprint density at radius 2 is 2.19 bits per heavy atom. The van der Waals surface area contributed by atoms with Crippen LogP contribution in [0.15, 0.2) is 34.9 Å². The lowest BCUT2D eigenvalue weighted by Gasteiger charge is -2.06. The fraction of sp³-hybridized carbons (Fsp3) is 0.294. The van der Waals surface area contributed by atoms with E-state index in [1.807, 2.05) is 24.3 Å². The second kappa shape index (κ2) is 7.68. The number of nitrogens with one attached hydrogen (secondary N) is 3. The van der Waals surface area contributed by atoms with E-state index in [0.717, 1.165) is 5.56 Å². The standard InChI is InChI=1S/C17H18N4O5/c1-25-11-4-2-3-10(7-11)14-8-12(26-21-14)9-18-15(22)6-5-13-16(23)20-17(24)19-13/h2-4,7-8,13H,5-6,9H2,1H3,(H,18,22)(H2,19,20,23,24)/t13-/m0/s1. The molecule has 136 valence electrons. The number of aromatic nitrogens is 1. The van der Waals surface area contributed by atoms with Crippen LogP contribution in [0.4, 0.5) is 4.79 Å². The van der Waals surface area contributed by atoms with E-state index in [1.54, 1.807) is 13.2 Å². The first kappa shape index (κ1) is 17.5. The maximum absolute atomic E-state index is 11.9. The molecule has 2 heterocycles. The molecule has 0 unspecified atom stereocenters. The van der Waals surface area contributed by atoms with Crippen molar-refractivity contribution in [3.63, 3.8) is 0 Å². The number of rotatable bonds is 7. The Morgan fingerprint density at radius 3 is 2.92 bits per heavy atom. The van der Waals surface area contributed by atoms with Crippen LogP contribution < -0.4 is 20.7 Å². The summed E-state index contributed by atoms with van der Waals surface area (Å²) in [6.07, 6.45) is 0.337. The lowest BCUT2D eigenvalue weighted by atomic mass is 10.1. The van der Waals surface area contributed by atoms with Gasteiger partial charge in [-0.1, -0.05) is 17.3 Å². The summed E-state index contributed by atoms with van der Waals surface area (Å²) in [5.74, 6) is 0.547. The van der Waals surface area contributed by atoms with Crippen LogP contribution in [0.2, 0.25) is 0 Å². The first-order chi connectivity index (χ1) is 12.5. The van der Waals surface area contributed by atoms with Gasteiger partial charge in [0.15, 0.2) is 5.76 Å². The van der Waals surface area contributed by atoms with Crippen molar-refractivity contribution in [1.29, 1.82) is 0 Å². The van der Waals surface area contributed by atoms with Gasteiger partial charge in [-0.3, -0.25) is 14.9 Å². The van der Waals surface area contributed by atoms with Crippen molar-refractivity contribution in [2.45, 2.75) is 25.4 Å². The van der Waals surface area contributed by atoms with Crippen molar-refractivity contribution in [2.75, 3.05) is 7.11 Å². The fourth-order valence-electron chi connectivity index (χ4n) is 2.53. The van der Waals surface area contributed by atoms with Crippen molar-refractivity contribution in [1.82, 2.24) is 21.1 Å². The van der Waals surface area contributed by atoms with Crippen LogP contribution in [-0.4, -0.2) is 36.2 Å². The summed E-state index contributed by atoms with van der Waals surface area (Å²) in [5.41, 5.74) is 1.48. The van der Waals surface area contributed by atoms with Crippen LogP contribution in [-0.2, 0) is 16.1 Å². The maximum atomic E-state index is 11.9. The number of amides is 4. The molecule has 1 atom stereocenters. The van der Waals surface area contributed by atoms with Crippen LogP contribution in [0.3, 0.4) is 0 Å². The predicted octanol–water partition coefficient (Wildman–Crippen LogP) is 0.955. The molecule has 9 heteroatoms. The Hall–Kier alpha value is -3.36. The molecule has 3 N–H and O–H groups in total. The molecule has 0 spiro atoms. The molecule has 9 nitrogen and oxygen atoms in total. The molecule has 1 aromatic heterocycles. The number of hydrogen-bond donors (Lipinski definition) is 3. The van der Waals surface area contributed by atoms with Crippen LogP contribution >= 0.6 is 0 Å². The third kappa shape index (κ3) is 4.18. The number of imide groups is 1. The molecule has 1 aliphatic heterocycles. The number of methoxy groups -OCH3 is 1. The molecule has 26 heavy (non-hydrogen) atoms. The minimum absolute atomic E-state index is 0.106. The zero-order chi connectivity index (χ0) is 18.5. The van der Waals surface area contributed by atoms with Crippen LogP contribution in [0.5, 0.6) is 5.75 Å². The van der Waals surface area contributed by atoms with Crippen LogP contribution in [0, 0.1) is 0 Å². The first-order valence-corrected chi connectivity index (χ1v) is 8.03. The summed E-state index contributed by atoms with van der Waals surface area (Å²) in [7, 11) is 1.59. The lowest BCUT2D eigenvalue weighted by molar-refractivity contribution is -0.122. The van der Waals surface area contributed by atoms with Gasteiger partial charge in [-0.15, -0.1) is 0 Å². The molecule has 0 radical (unpaired) electrons. The molecular weight excluding hydrogens is 340 g/mol. The molecular formula is C17H18N4O5. The van der Waals surface area contributed by atoms with Gasteiger partial charge >= 0.3 is 6.03 Å². The Labute approximate surface area is 149 Å². The highest BCUT2D eigenvalue weighted by Crippen LogP contribution is 2.23. The monoisotopic (exact) mass is 358 g/mol. The minimum Gasteiger partial charge on any atom is -0.497 e. The van der Waals surface area contributed by atoms with Crippen molar-refractivity contribution in [2.24, 2.45) is 0 Å². The molecule has 1 aromatic carbocycles. The number of hydrogen-bond acceptors (Lipinski definition) is 6. The molecule has 3 rings (SSSR count). The Bertz CT molecular complexity index is 832. The van der Waals surface area contributed by atoms with Gasteiger partial charge in [0, 0.05) is 18.1 Å². The number of ether oxygens (including phenoxy) is 1. The zero-order valence-corrected chi connectivity index (χ0v) is 14.1. The van der Waals surface area contributed by atoms with E-state index < -0.39 is 18.0 Å². The summed E-state index contributed by atoms with van der Waals surface area (Å²) >= 11 is 0. The summed E-state index contributed by atoms with van der Waals surface area (Å²) < 4.78 is 10.4. The summed E-state index contributed by atoms with van der Waals surface area (Å²) in [5, 5.41) is 11.2. The summed E-state index contributed by atoms with van der Waals surface area (Å²) in [6, 6.07) is 7.93. The van der Waals surface area contributed by atoms with Crippen LogP contribution in [0.25, 0.3) is 11.3 Å². The van der Waals surface area contributed by atoms with Gasteiger partial charge < -0.3 is 19.9 Å². The number of carbonyl (C=O) groups is 3. The zero-order valence-electron chi connectivity index (χ0n) is 14.1. The number of benzene rings is 1. The average molecular weight is 358 g/mol. The molecule has 2 aromatic rings. The minimum atomic E-state index is -0.668. The SMILES string of the molecule is COc1cccc(-c2cc(CNC(=O)CC[C@@H]3NC(=O)NC3=O)on2)c1. The lowest BCUT2D eigenvalue weighted by Crippen LogP contribution is -2.31. The van der Waals surface area contributed by atoms with Crippen molar-refractivity contribution in [3.8, 4) is 17.0 Å². The van der Waals surface area contributed by atoms with E-state index in [1.165, 1.54) is 0 Å². The van der Waals surface area contributed by atoms with Gasteiger partial charge in [-0.2, -0.15) is 0 Å². The third-order valence-electron chi connectivity index (χ3n) is 3.90. The third-order valence-corrected chi connectivity index (χ3v) is 3.90. The van der Waals surface area contributed by atoms with E-state index in [9.17, 15) is 14.4 Å². The Kier molecular flexibility index (Phi) is 5.16. The molecule has 4 amide bonds. The molecule has 0 aliphatic carbocycles. The highest BCUT2D eigenvalue weighted by Gasteiger charge is 2.29. The van der Waals surface area contributed by atoms with Gasteiger partial charge in [-0.05, 0) is 18.6 Å². The maximum Gasteiger partial charge on any atom is 0.322 e.